The number of benzene rings is 1. The molecule has 0 N–H and O–H groups in total. The molecule has 4 rings (SSSR count). The largest absolute Gasteiger partial charge is 0.463 e. The maximum Gasteiger partial charge on any atom is 0.303 e. The fraction of sp³-hybridized carbons (Fsp3) is 0.360. The van der Waals surface area contributed by atoms with Crippen LogP contribution >= 0.6 is 11.8 Å². The van der Waals surface area contributed by atoms with Gasteiger partial charge in [-0.3, -0.25) is 14.4 Å². The third-order valence-corrected chi connectivity index (χ3v) is 6.32. The van der Waals surface area contributed by atoms with Gasteiger partial charge in [-0.1, -0.05) is 42.5 Å². The first-order valence-electron chi connectivity index (χ1n) is 11.5. The number of aromatic nitrogens is 4. The number of fused-ring (bicyclic) bond motifs is 1. The number of nitrogens with zero attached hydrogens (tertiary/aromatic N) is 4. The second-order valence-electron chi connectivity index (χ2n) is 8.15. The van der Waals surface area contributed by atoms with Crippen LogP contribution in [0.2, 0.25) is 0 Å². The number of esters is 3. The monoisotopic (exact) mass is 526 g/mol. The van der Waals surface area contributed by atoms with E-state index in [2.05, 4.69) is 15.1 Å². The van der Waals surface area contributed by atoms with Gasteiger partial charge >= 0.3 is 17.9 Å². The molecule has 3 heterocycles. The van der Waals surface area contributed by atoms with Gasteiger partial charge in [0.15, 0.2) is 24.1 Å². The third-order valence-electron chi connectivity index (χ3n) is 5.36. The van der Waals surface area contributed by atoms with Crippen LogP contribution in [0.1, 0.15) is 32.6 Å². The van der Waals surface area contributed by atoms with Gasteiger partial charge in [0.1, 0.15) is 24.1 Å². The lowest BCUT2D eigenvalue weighted by Crippen LogP contribution is -2.40. The summed E-state index contributed by atoms with van der Waals surface area (Å²) >= 11 is 1.51. The average molecular weight is 527 g/mol. The van der Waals surface area contributed by atoms with E-state index < -0.39 is 42.4 Å². The number of thioether (sulfide) groups is 1. The van der Waals surface area contributed by atoms with Gasteiger partial charge < -0.3 is 18.9 Å². The molecule has 1 aliphatic rings. The summed E-state index contributed by atoms with van der Waals surface area (Å²) < 4.78 is 23.5. The van der Waals surface area contributed by atoms with Crippen molar-refractivity contribution in [3.63, 3.8) is 0 Å². The quantitative estimate of drug-likeness (QED) is 0.176. The number of rotatable bonds is 9. The van der Waals surface area contributed by atoms with E-state index in [1.807, 2.05) is 42.5 Å². The minimum atomic E-state index is -1.05. The Kier molecular flexibility index (Phi) is 8.51. The molecule has 4 atom stereocenters. The lowest BCUT2D eigenvalue weighted by Gasteiger charge is -2.23. The molecular weight excluding hydrogens is 500 g/mol. The van der Waals surface area contributed by atoms with Crippen molar-refractivity contribution in [2.75, 3.05) is 12.4 Å². The van der Waals surface area contributed by atoms with Crippen molar-refractivity contribution in [1.82, 2.24) is 19.7 Å². The number of hydrogen-bond donors (Lipinski definition) is 0. The van der Waals surface area contributed by atoms with Crippen LogP contribution in [-0.2, 0) is 33.3 Å². The Morgan fingerprint density at radius 3 is 2.46 bits per heavy atom. The van der Waals surface area contributed by atoms with Gasteiger partial charge in [0.05, 0.1) is 11.6 Å². The van der Waals surface area contributed by atoms with E-state index >= 15 is 0 Å². The first kappa shape index (κ1) is 26.3. The van der Waals surface area contributed by atoms with Crippen molar-refractivity contribution in [2.24, 2.45) is 0 Å². The smallest absolute Gasteiger partial charge is 0.303 e. The molecule has 37 heavy (non-hydrogen) atoms. The Morgan fingerprint density at radius 1 is 1.03 bits per heavy atom. The molecule has 1 fully saturated rings. The van der Waals surface area contributed by atoms with Crippen LogP contribution in [0.15, 0.2) is 54.0 Å². The first-order valence-corrected chi connectivity index (χ1v) is 12.5. The lowest BCUT2D eigenvalue weighted by molar-refractivity contribution is -0.166. The van der Waals surface area contributed by atoms with E-state index in [0.717, 1.165) is 5.56 Å². The van der Waals surface area contributed by atoms with Crippen molar-refractivity contribution in [3.8, 4) is 0 Å². The highest BCUT2D eigenvalue weighted by molar-refractivity contribution is 7.99. The molecule has 1 saturated heterocycles. The van der Waals surface area contributed by atoms with Crippen LogP contribution in [0.4, 0.5) is 0 Å². The Labute approximate surface area is 217 Å². The fourth-order valence-corrected chi connectivity index (χ4v) is 4.68. The summed E-state index contributed by atoms with van der Waals surface area (Å²) in [4.78, 5) is 43.9. The zero-order chi connectivity index (χ0) is 26.4. The summed E-state index contributed by atoms with van der Waals surface area (Å²) in [6, 6.07) is 9.97. The number of carbonyl (C=O) groups excluding carboxylic acids is 3. The van der Waals surface area contributed by atoms with Crippen molar-refractivity contribution < 1.29 is 33.3 Å². The molecule has 194 valence electrons. The van der Waals surface area contributed by atoms with E-state index in [0.29, 0.717) is 21.8 Å². The molecule has 0 unspecified atom stereocenters. The van der Waals surface area contributed by atoms with Crippen LogP contribution in [0, 0.1) is 0 Å². The van der Waals surface area contributed by atoms with E-state index in [9.17, 15) is 14.4 Å². The van der Waals surface area contributed by atoms with E-state index in [1.54, 1.807) is 6.20 Å². The third kappa shape index (κ3) is 6.52. The number of ether oxygens (including phenoxy) is 4. The molecule has 1 aromatic carbocycles. The minimum absolute atomic E-state index is 0.204. The summed E-state index contributed by atoms with van der Waals surface area (Å²) in [5.74, 6) is -1.07. The molecule has 0 aliphatic carbocycles. The molecule has 0 amide bonds. The second-order valence-corrected chi connectivity index (χ2v) is 9.15. The molecule has 0 saturated carbocycles. The van der Waals surface area contributed by atoms with Gasteiger partial charge in [-0.15, -0.1) is 11.8 Å². The summed E-state index contributed by atoms with van der Waals surface area (Å²) in [5, 5.41) is 5.82. The van der Waals surface area contributed by atoms with Crippen LogP contribution < -0.4 is 0 Å². The maximum absolute atomic E-state index is 11.9. The lowest BCUT2D eigenvalue weighted by atomic mass is 10.1. The molecule has 0 radical (unpaired) electrons. The van der Waals surface area contributed by atoms with Crippen LogP contribution in [0.5, 0.6) is 0 Å². The predicted octanol–water partition coefficient (Wildman–Crippen LogP) is 2.96. The molecule has 0 bridgehead atoms. The molecule has 2 aromatic heterocycles. The summed E-state index contributed by atoms with van der Waals surface area (Å²) in [5.41, 5.74) is 1.55. The van der Waals surface area contributed by atoms with E-state index in [1.165, 1.54) is 43.5 Å². The van der Waals surface area contributed by atoms with Crippen LogP contribution in [-0.4, -0.2) is 68.3 Å². The van der Waals surface area contributed by atoms with E-state index in [-0.39, 0.29) is 6.61 Å². The molecule has 0 spiro atoms. The fourth-order valence-electron chi connectivity index (χ4n) is 3.91. The molecule has 1 aliphatic heterocycles. The van der Waals surface area contributed by atoms with Crippen LogP contribution in [0.25, 0.3) is 17.1 Å². The van der Waals surface area contributed by atoms with Crippen molar-refractivity contribution in [1.29, 1.82) is 0 Å². The van der Waals surface area contributed by atoms with Crippen LogP contribution in [0.3, 0.4) is 0 Å². The Hall–Kier alpha value is -3.77. The molecule has 3 aromatic rings. The van der Waals surface area contributed by atoms with E-state index in [4.69, 9.17) is 18.9 Å². The predicted molar refractivity (Wildman–Crippen MR) is 133 cm³/mol. The Bertz CT molecular complexity index is 1300. The molecule has 11 nitrogen and oxygen atoms in total. The minimum Gasteiger partial charge on any atom is -0.463 e. The van der Waals surface area contributed by atoms with Gasteiger partial charge in [0, 0.05) is 26.5 Å². The Balaban J connectivity index is 1.59. The van der Waals surface area contributed by atoms with Gasteiger partial charge in [0.25, 0.3) is 0 Å². The maximum atomic E-state index is 11.9. The first-order chi connectivity index (χ1) is 17.8. The second kappa shape index (κ2) is 12.0. The van der Waals surface area contributed by atoms with Gasteiger partial charge in [-0.25, -0.2) is 14.6 Å². The van der Waals surface area contributed by atoms with Crippen molar-refractivity contribution in [2.45, 2.75) is 50.3 Å². The van der Waals surface area contributed by atoms with Crippen molar-refractivity contribution >= 4 is 46.8 Å². The number of carbonyl (C=O) groups is 3. The molecule has 12 heteroatoms. The summed E-state index contributed by atoms with van der Waals surface area (Å²) in [6.07, 6.45) is 3.14. The zero-order valence-electron chi connectivity index (χ0n) is 20.5. The zero-order valence-corrected chi connectivity index (χ0v) is 21.3. The number of hydrogen-bond acceptors (Lipinski definition) is 11. The van der Waals surface area contributed by atoms with Gasteiger partial charge in [-0.05, 0) is 5.56 Å². The Morgan fingerprint density at radius 2 is 1.76 bits per heavy atom. The van der Waals surface area contributed by atoms with Crippen molar-refractivity contribution in [3.05, 3.63) is 54.5 Å². The average Bonchev–Trinajstić information content (AvgIpc) is 3.42. The van der Waals surface area contributed by atoms with Gasteiger partial charge in [0.2, 0.25) is 0 Å². The molecular formula is C25H26N4O7S. The SMILES string of the molecule is CC(=O)OC[C@H]1O[C@@H](n2ncc3c(SC/C=C/c4ccccc4)ncnc32)[C@H](OC(C)=O)[C@@H]1OC(C)=O. The van der Waals surface area contributed by atoms with Gasteiger partial charge in [-0.2, -0.15) is 5.10 Å². The summed E-state index contributed by atoms with van der Waals surface area (Å²) in [6.45, 7) is 3.52. The normalized spacial score (nSPS) is 21.3. The highest BCUT2D eigenvalue weighted by atomic mass is 32.2. The topological polar surface area (TPSA) is 132 Å². The highest BCUT2D eigenvalue weighted by Crippen LogP contribution is 2.36. The highest BCUT2D eigenvalue weighted by Gasteiger charge is 2.51. The standard InChI is InChI=1S/C25H26N4O7S/c1-15(30)33-13-20-21(34-16(2)31)22(35-17(3)32)25(36-20)29-23-19(12-28-29)24(27-14-26-23)37-11-7-10-18-8-5-4-6-9-18/h4-10,12,14,20-22,25H,11,13H2,1-3H3/b10-7+/t20-,21-,22-,25-/m1/s1. The summed E-state index contributed by atoms with van der Waals surface area (Å²) in [7, 11) is 0.